The molecule has 0 bridgehead atoms. The van der Waals surface area contributed by atoms with E-state index in [9.17, 15) is 9.90 Å². The van der Waals surface area contributed by atoms with E-state index in [2.05, 4.69) is 12.2 Å². The van der Waals surface area contributed by atoms with Gasteiger partial charge in [-0.15, -0.1) is 11.8 Å². The van der Waals surface area contributed by atoms with E-state index in [0.29, 0.717) is 31.6 Å². The van der Waals surface area contributed by atoms with Crippen molar-refractivity contribution in [3.63, 3.8) is 0 Å². The standard InChI is InChI=1S/C15H21NO3S/c1-2-20-13-6-4-3-5-12(13)14(17)16-11-15(18)7-9-19-10-8-15/h3-6,18H,2,7-11H2,1H3,(H,16,17). The van der Waals surface area contributed by atoms with Gasteiger partial charge in [0, 0.05) is 37.5 Å². The molecule has 0 saturated carbocycles. The summed E-state index contributed by atoms with van der Waals surface area (Å²) < 4.78 is 5.23. The third-order valence-corrected chi connectivity index (χ3v) is 4.39. The van der Waals surface area contributed by atoms with E-state index >= 15 is 0 Å². The number of hydrogen-bond acceptors (Lipinski definition) is 4. The number of ether oxygens (including phenoxy) is 1. The molecule has 1 saturated heterocycles. The van der Waals surface area contributed by atoms with E-state index in [1.807, 2.05) is 24.3 Å². The van der Waals surface area contributed by atoms with Gasteiger partial charge in [0.15, 0.2) is 0 Å². The molecule has 1 aromatic rings. The maximum Gasteiger partial charge on any atom is 0.252 e. The lowest BCUT2D eigenvalue weighted by atomic mass is 9.94. The molecule has 2 rings (SSSR count). The van der Waals surface area contributed by atoms with Crippen LogP contribution < -0.4 is 5.32 Å². The highest BCUT2D eigenvalue weighted by molar-refractivity contribution is 7.99. The summed E-state index contributed by atoms with van der Waals surface area (Å²) in [5.41, 5.74) is -0.157. The van der Waals surface area contributed by atoms with E-state index in [1.165, 1.54) is 0 Å². The van der Waals surface area contributed by atoms with Crippen LogP contribution in [0.15, 0.2) is 29.2 Å². The summed E-state index contributed by atoms with van der Waals surface area (Å²) in [6.07, 6.45) is 1.14. The van der Waals surface area contributed by atoms with Crippen LogP contribution in [0.3, 0.4) is 0 Å². The summed E-state index contributed by atoms with van der Waals surface area (Å²) in [7, 11) is 0. The highest BCUT2D eigenvalue weighted by Crippen LogP contribution is 2.23. The average Bonchev–Trinajstić information content (AvgIpc) is 2.47. The molecule has 5 heteroatoms. The van der Waals surface area contributed by atoms with Crippen molar-refractivity contribution in [3.05, 3.63) is 29.8 Å². The van der Waals surface area contributed by atoms with Crippen LogP contribution in [0.4, 0.5) is 0 Å². The van der Waals surface area contributed by atoms with E-state index in [-0.39, 0.29) is 12.5 Å². The third-order valence-electron chi connectivity index (χ3n) is 3.43. The summed E-state index contributed by atoms with van der Waals surface area (Å²) in [5.74, 6) is 0.799. The molecule has 0 aliphatic carbocycles. The molecular formula is C15H21NO3S. The molecule has 0 unspecified atom stereocenters. The predicted molar refractivity (Wildman–Crippen MR) is 80.2 cm³/mol. The van der Waals surface area contributed by atoms with Crippen molar-refractivity contribution >= 4 is 17.7 Å². The zero-order chi connectivity index (χ0) is 14.4. The van der Waals surface area contributed by atoms with Crippen LogP contribution in [0, 0.1) is 0 Å². The monoisotopic (exact) mass is 295 g/mol. The average molecular weight is 295 g/mol. The van der Waals surface area contributed by atoms with Crippen LogP contribution in [-0.2, 0) is 4.74 Å². The highest BCUT2D eigenvalue weighted by atomic mass is 32.2. The van der Waals surface area contributed by atoms with Gasteiger partial charge in [0.05, 0.1) is 11.2 Å². The Hall–Kier alpha value is -1.04. The van der Waals surface area contributed by atoms with Crippen molar-refractivity contribution in [1.29, 1.82) is 0 Å². The Labute approximate surface area is 123 Å². The zero-order valence-electron chi connectivity index (χ0n) is 11.7. The molecule has 4 nitrogen and oxygen atoms in total. The molecule has 0 spiro atoms. The second-order valence-corrected chi connectivity index (χ2v) is 6.25. The van der Waals surface area contributed by atoms with Crippen LogP contribution >= 0.6 is 11.8 Å². The lowest BCUT2D eigenvalue weighted by molar-refractivity contribution is -0.0605. The van der Waals surface area contributed by atoms with Gasteiger partial charge in [-0.3, -0.25) is 4.79 Å². The van der Waals surface area contributed by atoms with Crippen molar-refractivity contribution in [3.8, 4) is 0 Å². The Bertz CT molecular complexity index is 458. The van der Waals surface area contributed by atoms with Crippen molar-refractivity contribution in [2.24, 2.45) is 0 Å². The number of hydrogen-bond donors (Lipinski definition) is 2. The number of thioether (sulfide) groups is 1. The molecule has 2 N–H and O–H groups in total. The Kier molecular flexibility index (Phi) is 5.46. The first-order valence-electron chi connectivity index (χ1n) is 6.95. The molecule has 20 heavy (non-hydrogen) atoms. The minimum Gasteiger partial charge on any atom is -0.388 e. The number of carbonyl (C=O) groups excluding carboxylic acids is 1. The molecule has 1 aliphatic heterocycles. The molecule has 1 amide bonds. The fourth-order valence-corrected chi connectivity index (χ4v) is 3.01. The fraction of sp³-hybridized carbons (Fsp3) is 0.533. The van der Waals surface area contributed by atoms with E-state index < -0.39 is 5.60 Å². The largest absolute Gasteiger partial charge is 0.388 e. The van der Waals surface area contributed by atoms with Gasteiger partial charge in [-0.2, -0.15) is 0 Å². The smallest absolute Gasteiger partial charge is 0.252 e. The third kappa shape index (κ3) is 3.98. The number of nitrogens with one attached hydrogen (secondary N) is 1. The molecule has 1 heterocycles. The first-order valence-corrected chi connectivity index (χ1v) is 7.93. The molecule has 0 aromatic heterocycles. The summed E-state index contributed by atoms with van der Waals surface area (Å²) in [4.78, 5) is 13.2. The van der Waals surface area contributed by atoms with E-state index in [1.54, 1.807) is 11.8 Å². The van der Waals surface area contributed by atoms with Crippen LogP contribution in [0.25, 0.3) is 0 Å². The predicted octanol–water partition coefficient (Wildman–Crippen LogP) is 2.07. The summed E-state index contributed by atoms with van der Waals surface area (Å²) in [6, 6.07) is 7.56. The van der Waals surface area contributed by atoms with E-state index in [4.69, 9.17) is 4.74 Å². The number of rotatable bonds is 5. The minimum atomic E-state index is -0.833. The Balaban J connectivity index is 1.98. The quantitative estimate of drug-likeness (QED) is 0.817. The lowest BCUT2D eigenvalue weighted by Crippen LogP contribution is -2.46. The topological polar surface area (TPSA) is 58.6 Å². The van der Waals surface area contributed by atoms with Gasteiger partial charge in [0.25, 0.3) is 5.91 Å². The lowest BCUT2D eigenvalue weighted by Gasteiger charge is -2.32. The van der Waals surface area contributed by atoms with Gasteiger partial charge in [-0.1, -0.05) is 19.1 Å². The van der Waals surface area contributed by atoms with Crippen LogP contribution in [-0.4, -0.2) is 42.1 Å². The second-order valence-electron chi connectivity index (χ2n) is 4.95. The normalized spacial score (nSPS) is 17.7. The first-order chi connectivity index (χ1) is 9.64. The highest BCUT2D eigenvalue weighted by Gasteiger charge is 2.30. The fourth-order valence-electron chi connectivity index (χ4n) is 2.20. The number of benzene rings is 1. The zero-order valence-corrected chi connectivity index (χ0v) is 12.5. The number of amides is 1. The Morgan fingerprint density at radius 1 is 1.40 bits per heavy atom. The van der Waals surface area contributed by atoms with Crippen molar-refractivity contribution in [2.45, 2.75) is 30.3 Å². The second kappa shape index (κ2) is 7.11. The van der Waals surface area contributed by atoms with Gasteiger partial charge < -0.3 is 15.2 Å². The molecule has 0 radical (unpaired) electrons. The number of aliphatic hydroxyl groups is 1. The van der Waals surface area contributed by atoms with Gasteiger partial charge >= 0.3 is 0 Å². The van der Waals surface area contributed by atoms with Gasteiger partial charge in [0.1, 0.15) is 0 Å². The van der Waals surface area contributed by atoms with Crippen molar-refractivity contribution in [2.75, 3.05) is 25.5 Å². The van der Waals surface area contributed by atoms with Crippen LogP contribution in [0.1, 0.15) is 30.1 Å². The van der Waals surface area contributed by atoms with Gasteiger partial charge in [-0.05, 0) is 17.9 Å². The molecule has 1 aliphatic rings. The molecule has 1 fully saturated rings. The van der Waals surface area contributed by atoms with E-state index in [0.717, 1.165) is 10.6 Å². The summed E-state index contributed by atoms with van der Waals surface area (Å²) >= 11 is 1.65. The van der Waals surface area contributed by atoms with Crippen molar-refractivity contribution in [1.82, 2.24) is 5.32 Å². The van der Waals surface area contributed by atoms with Gasteiger partial charge in [-0.25, -0.2) is 0 Å². The summed E-state index contributed by atoms with van der Waals surface area (Å²) in [5, 5.41) is 13.2. The van der Waals surface area contributed by atoms with Crippen molar-refractivity contribution < 1.29 is 14.6 Å². The Morgan fingerprint density at radius 3 is 2.80 bits per heavy atom. The summed E-state index contributed by atoms with van der Waals surface area (Å²) in [6.45, 7) is 3.44. The maximum absolute atomic E-state index is 12.3. The minimum absolute atomic E-state index is 0.124. The van der Waals surface area contributed by atoms with Crippen LogP contribution in [0.5, 0.6) is 0 Å². The van der Waals surface area contributed by atoms with Crippen LogP contribution in [0.2, 0.25) is 0 Å². The molecule has 0 atom stereocenters. The molecular weight excluding hydrogens is 274 g/mol. The molecule has 110 valence electrons. The number of carbonyl (C=O) groups is 1. The van der Waals surface area contributed by atoms with Gasteiger partial charge in [0.2, 0.25) is 0 Å². The SMILES string of the molecule is CCSc1ccccc1C(=O)NCC1(O)CCOCC1. The first kappa shape index (κ1) is 15.4. The maximum atomic E-state index is 12.3. The molecule has 1 aromatic carbocycles. The Morgan fingerprint density at radius 2 is 2.10 bits per heavy atom.